The molecule has 3 rings (SSSR count). The standard InChI is InChI=1S/C19H20N4O.C3H8.C2H6/c1-4-23-18-11-14(21-2)7-10-16(18)17(12-20)19(23)22-13-5-8-15(24-3)9-6-13;1-3-2;1-2/h5-11,21-22H,4H2,1-3H3;3H2,1-2H3;1-2H3/p+1. The Morgan fingerprint density at radius 2 is 1.69 bits per heavy atom. The first-order valence-corrected chi connectivity index (χ1v) is 10.4. The van der Waals surface area contributed by atoms with Gasteiger partial charge in [-0.3, -0.25) is 0 Å². The van der Waals surface area contributed by atoms with E-state index in [2.05, 4.69) is 48.1 Å². The summed E-state index contributed by atoms with van der Waals surface area (Å²) >= 11 is 0. The summed E-state index contributed by atoms with van der Waals surface area (Å²) in [6.45, 7) is 11.1. The Morgan fingerprint density at radius 1 is 1.07 bits per heavy atom. The van der Waals surface area contributed by atoms with Crippen LogP contribution in [-0.4, -0.2) is 18.7 Å². The van der Waals surface area contributed by atoms with Gasteiger partial charge >= 0.3 is 0 Å². The Bertz CT molecular complexity index is 921. The van der Waals surface area contributed by atoms with E-state index in [1.807, 2.05) is 57.3 Å². The first kappa shape index (κ1) is 24.1. The summed E-state index contributed by atoms with van der Waals surface area (Å²) in [6, 6.07) is 16.2. The van der Waals surface area contributed by atoms with Crippen LogP contribution in [0.2, 0.25) is 0 Å². The lowest BCUT2D eigenvalue weighted by molar-refractivity contribution is -0.539. The van der Waals surface area contributed by atoms with Gasteiger partial charge in [-0.2, -0.15) is 5.26 Å². The van der Waals surface area contributed by atoms with Crippen molar-refractivity contribution in [2.45, 2.75) is 47.6 Å². The molecular weight excluding hydrogens is 360 g/mol. The highest BCUT2D eigenvalue weighted by molar-refractivity contribution is 5.94. The van der Waals surface area contributed by atoms with Crippen LogP contribution in [0, 0.1) is 11.3 Å². The van der Waals surface area contributed by atoms with Crippen LogP contribution in [0.3, 0.4) is 0 Å². The largest absolute Gasteiger partial charge is 0.497 e. The summed E-state index contributed by atoms with van der Waals surface area (Å²) in [4.78, 5) is 0. The Kier molecular flexibility index (Phi) is 10.4. The van der Waals surface area contributed by atoms with Gasteiger partial charge in [0.2, 0.25) is 0 Å². The van der Waals surface area contributed by atoms with Gasteiger partial charge in [0, 0.05) is 23.7 Å². The minimum Gasteiger partial charge on any atom is -0.497 e. The fourth-order valence-corrected chi connectivity index (χ4v) is 2.93. The molecule has 2 aromatic carbocycles. The number of aromatic nitrogens is 1. The SMILES string of the molecule is CC.CCC.CCn1c(Nc2ccc(OC)cc2)c(C#N)c2ccc([NH2+]C)cc21. The van der Waals surface area contributed by atoms with E-state index in [4.69, 9.17) is 4.74 Å². The molecule has 0 amide bonds. The molecular formula is C24H35N4O+. The van der Waals surface area contributed by atoms with Crippen molar-refractivity contribution in [3.8, 4) is 11.8 Å². The van der Waals surface area contributed by atoms with Crippen molar-refractivity contribution in [1.82, 2.24) is 4.57 Å². The number of nitriles is 1. The first-order valence-electron chi connectivity index (χ1n) is 10.4. The van der Waals surface area contributed by atoms with E-state index in [-0.39, 0.29) is 0 Å². The molecule has 0 atom stereocenters. The van der Waals surface area contributed by atoms with Crippen molar-refractivity contribution < 1.29 is 10.1 Å². The zero-order valence-electron chi connectivity index (χ0n) is 18.8. The maximum atomic E-state index is 9.68. The van der Waals surface area contributed by atoms with Gasteiger partial charge in [0.05, 0.1) is 19.7 Å². The number of quaternary nitrogens is 1. The molecule has 0 unspecified atom stereocenters. The number of hydrogen-bond acceptors (Lipinski definition) is 3. The normalized spacial score (nSPS) is 9.59. The van der Waals surface area contributed by atoms with Crippen molar-refractivity contribution in [2.75, 3.05) is 19.5 Å². The molecule has 29 heavy (non-hydrogen) atoms. The first-order chi connectivity index (χ1) is 14.1. The quantitative estimate of drug-likeness (QED) is 0.556. The molecule has 5 heteroatoms. The zero-order valence-corrected chi connectivity index (χ0v) is 18.8. The lowest BCUT2D eigenvalue weighted by atomic mass is 10.1. The number of ether oxygens (including phenoxy) is 1. The molecule has 0 saturated carbocycles. The van der Waals surface area contributed by atoms with Crippen LogP contribution in [0.25, 0.3) is 10.9 Å². The number of anilines is 2. The van der Waals surface area contributed by atoms with Crippen molar-refractivity contribution in [2.24, 2.45) is 0 Å². The van der Waals surface area contributed by atoms with E-state index in [9.17, 15) is 5.26 Å². The molecule has 3 N–H and O–H groups in total. The highest BCUT2D eigenvalue weighted by Gasteiger charge is 2.17. The number of benzene rings is 2. The Hall–Kier alpha value is -2.97. The molecule has 0 aliphatic carbocycles. The summed E-state index contributed by atoms with van der Waals surface area (Å²) in [6.07, 6.45) is 1.25. The van der Waals surface area contributed by atoms with Crippen LogP contribution in [-0.2, 0) is 6.54 Å². The van der Waals surface area contributed by atoms with Crippen LogP contribution in [0.1, 0.15) is 46.6 Å². The second kappa shape index (κ2) is 12.5. The van der Waals surface area contributed by atoms with E-state index in [0.29, 0.717) is 5.56 Å². The monoisotopic (exact) mass is 395 g/mol. The van der Waals surface area contributed by atoms with Gasteiger partial charge in [-0.05, 0) is 43.3 Å². The molecule has 0 radical (unpaired) electrons. The molecule has 0 saturated heterocycles. The van der Waals surface area contributed by atoms with E-state index in [1.165, 1.54) is 6.42 Å². The highest BCUT2D eigenvalue weighted by Crippen LogP contribution is 2.33. The van der Waals surface area contributed by atoms with Crippen LogP contribution in [0.5, 0.6) is 5.75 Å². The number of nitrogens with one attached hydrogen (secondary N) is 1. The predicted molar refractivity (Wildman–Crippen MR) is 123 cm³/mol. The number of nitrogens with zero attached hydrogens (tertiary/aromatic N) is 2. The Morgan fingerprint density at radius 3 is 2.17 bits per heavy atom. The molecule has 0 aliphatic rings. The third kappa shape index (κ3) is 5.75. The van der Waals surface area contributed by atoms with Gasteiger partial charge in [0.25, 0.3) is 0 Å². The fraction of sp³-hybridized carbons (Fsp3) is 0.375. The topological polar surface area (TPSA) is 66.6 Å². The molecule has 1 heterocycles. The molecule has 0 bridgehead atoms. The average molecular weight is 396 g/mol. The highest BCUT2D eigenvalue weighted by atomic mass is 16.5. The predicted octanol–water partition coefficient (Wildman–Crippen LogP) is 5.55. The molecule has 0 spiro atoms. The summed E-state index contributed by atoms with van der Waals surface area (Å²) < 4.78 is 7.34. The van der Waals surface area contributed by atoms with Crippen molar-refractivity contribution in [3.05, 3.63) is 48.0 Å². The van der Waals surface area contributed by atoms with Crippen molar-refractivity contribution in [3.63, 3.8) is 0 Å². The van der Waals surface area contributed by atoms with Gasteiger partial charge in [0.15, 0.2) is 0 Å². The number of nitrogens with two attached hydrogens (primary N) is 1. The molecule has 0 aliphatic heterocycles. The van der Waals surface area contributed by atoms with E-state index in [0.717, 1.165) is 40.4 Å². The Labute approximate surface area is 175 Å². The summed E-state index contributed by atoms with van der Waals surface area (Å²) in [5.74, 6) is 1.63. The van der Waals surface area contributed by atoms with E-state index < -0.39 is 0 Å². The maximum Gasteiger partial charge on any atom is 0.131 e. The molecule has 156 valence electrons. The number of methoxy groups -OCH3 is 1. The fourth-order valence-electron chi connectivity index (χ4n) is 2.93. The van der Waals surface area contributed by atoms with Crippen molar-refractivity contribution in [1.29, 1.82) is 5.26 Å². The van der Waals surface area contributed by atoms with Gasteiger partial charge in [-0.1, -0.05) is 34.1 Å². The number of hydrogen-bond donors (Lipinski definition) is 2. The van der Waals surface area contributed by atoms with Gasteiger partial charge in [-0.15, -0.1) is 0 Å². The van der Waals surface area contributed by atoms with Crippen LogP contribution in [0.4, 0.5) is 17.2 Å². The summed E-state index contributed by atoms with van der Waals surface area (Å²) in [5, 5.41) is 16.1. The minimum atomic E-state index is 0.672. The lowest BCUT2D eigenvalue weighted by Gasteiger charge is -2.11. The van der Waals surface area contributed by atoms with Gasteiger partial charge < -0.3 is 19.9 Å². The van der Waals surface area contributed by atoms with Gasteiger partial charge in [-0.25, -0.2) is 0 Å². The van der Waals surface area contributed by atoms with Crippen LogP contribution >= 0.6 is 0 Å². The molecule has 3 aromatic rings. The molecule has 1 aromatic heterocycles. The Balaban J connectivity index is 0.000000771. The third-order valence-electron chi connectivity index (χ3n) is 4.20. The number of rotatable bonds is 5. The second-order valence-corrected chi connectivity index (χ2v) is 6.21. The second-order valence-electron chi connectivity index (χ2n) is 6.21. The van der Waals surface area contributed by atoms with Gasteiger partial charge in [0.1, 0.15) is 28.9 Å². The third-order valence-corrected chi connectivity index (χ3v) is 4.20. The van der Waals surface area contributed by atoms with E-state index >= 15 is 0 Å². The number of fused-ring (bicyclic) bond motifs is 1. The van der Waals surface area contributed by atoms with Crippen LogP contribution in [0.15, 0.2) is 42.5 Å². The lowest BCUT2D eigenvalue weighted by Crippen LogP contribution is -2.72. The van der Waals surface area contributed by atoms with Crippen LogP contribution < -0.4 is 15.4 Å². The average Bonchev–Trinajstić information content (AvgIpc) is 3.07. The van der Waals surface area contributed by atoms with E-state index in [1.54, 1.807) is 7.11 Å². The molecule has 0 fully saturated rings. The maximum absolute atomic E-state index is 9.68. The summed E-state index contributed by atoms with van der Waals surface area (Å²) in [5.41, 5.74) is 3.81. The zero-order chi connectivity index (χ0) is 21.8. The number of aryl methyl sites for hydroxylation is 1. The molecule has 5 nitrogen and oxygen atoms in total. The smallest absolute Gasteiger partial charge is 0.131 e. The summed E-state index contributed by atoms with van der Waals surface area (Å²) in [7, 11) is 3.66. The van der Waals surface area contributed by atoms with Crippen molar-refractivity contribution >= 4 is 28.1 Å². The minimum absolute atomic E-state index is 0.672.